The molecule has 4 rings (SSSR count). The van der Waals surface area contributed by atoms with Gasteiger partial charge in [-0.3, -0.25) is 4.90 Å². The van der Waals surface area contributed by atoms with Gasteiger partial charge < -0.3 is 14.5 Å². The second-order valence-corrected chi connectivity index (χ2v) is 9.39. The third-order valence-corrected chi connectivity index (χ3v) is 6.48. The van der Waals surface area contributed by atoms with Gasteiger partial charge in [0.1, 0.15) is 11.8 Å². The zero-order valence-corrected chi connectivity index (χ0v) is 20.5. The number of rotatable bonds is 9. The lowest BCUT2D eigenvalue weighted by molar-refractivity contribution is 0.170. The highest BCUT2D eigenvalue weighted by Crippen LogP contribution is 2.28. The van der Waals surface area contributed by atoms with Crippen molar-refractivity contribution in [1.29, 1.82) is 5.26 Å². The van der Waals surface area contributed by atoms with E-state index < -0.39 is 0 Å². The highest BCUT2D eigenvalue weighted by atomic mass is 35.5. The molecular formula is C27H31ClN4O2. The van der Waals surface area contributed by atoms with Crippen molar-refractivity contribution < 1.29 is 9.15 Å². The van der Waals surface area contributed by atoms with E-state index in [0.29, 0.717) is 35.0 Å². The van der Waals surface area contributed by atoms with Gasteiger partial charge in [0, 0.05) is 11.6 Å². The SMILES string of the molecule is CC(C)c1ccc([C@@H](CNc2oc(COc3ccc(Cl)cc3)nc2C#N)N2CCCCC2)cc1. The molecule has 0 radical (unpaired) electrons. The van der Waals surface area contributed by atoms with Crippen molar-refractivity contribution in [1.82, 2.24) is 9.88 Å². The summed E-state index contributed by atoms with van der Waals surface area (Å²) in [6.45, 7) is 7.31. The molecule has 2 heterocycles. The second-order valence-electron chi connectivity index (χ2n) is 8.95. The fourth-order valence-corrected chi connectivity index (χ4v) is 4.40. The number of nitrogens with one attached hydrogen (secondary N) is 1. The smallest absolute Gasteiger partial charge is 0.236 e. The molecule has 0 aliphatic carbocycles. The summed E-state index contributed by atoms with van der Waals surface area (Å²) in [5.41, 5.74) is 2.84. The van der Waals surface area contributed by atoms with E-state index in [1.54, 1.807) is 24.3 Å². The maximum absolute atomic E-state index is 9.58. The third-order valence-electron chi connectivity index (χ3n) is 6.23. The number of piperidine rings is 1. The Morgan fingerprint density at radius 3 is 2.38 bits per heavy atom. The molecule has 0 unspecified atom stereocenters. The summed E-state index contributed by atoms with van der Waals surface area (Å²) in [6, 6.07) is 18.3. The van der Waals surface area contributed by atoms with E-state index in [9.17, 15) is 5.26 Å². The standard InChI is InChI=1S/C27H31ClN4O2/c1-19(2)20-6-8-21(9-7-20)25(32-14-4-3-5-15-32)17-30-27-24(16-29)31-26(34-27)18-33-23-12-10-22(28)11-13-23/h6-13,19,25,30H,3-5,14-15,17-18H2,1-2H3/t25-/m1/s1. The normalized spacial score (nSPS) is 15.1. The van der Waals surface area contributed by atoms with Crippen molar-refractivity contribution in [2.45, 2.75) is 51.7 Å². The summed E-state index contributed by atoms with van der Waals surface area (Å²) in [5, 5.41) is 13.6. The first-order valence-corrected chi connectivity index (χ1v) is 12.3. The van der Waals surface area contributed by atoms with Crippen molar-refractivity contribution in [2.75, 3.05) is 25.0 Å². The van der Waals surface area contributed by atoms with Crippen LogP contribution in [0.3, 0.4) is 0 Å². The Labute approximate surface area is 206 Å². The van der Waals surface area contributed by atoms with Crippen molar-refractivity contribution >= 4 is 17.5 Å². The van der Waals surface area contributed by atoms with Crippen molar-refractivity contribution in [3.8, 4) is 11.8 Å². The van der Waals surface area contributed by atoms with E-state index in [0.717, 1.165) is 13.1 Å². The number of nitrogens with zero attached hydrogens (tertiary/aromatic N) is 3. The Kier molecular flexibility index (Phi) is 8.10. The summed E-state index contributed by atoms with van der Waals surface area (Å²) >= 11 is 5.92. The molecule has 1 aliphatic heterocycles. The minimum atomic E-state index is 0.129. The zero-order valence-electron chi connectivity index (χ0n) is 19.8. The number of benzene rings is 2. The van der Waals surface area contributed by atoms with E-state index in [-0.39, 0.29) is 18.3 Å². The number of anilines is 1. The Morgan fingerprint density at radius 2 is 1.74 bits per heavy atom. The second kappa shape index (κ2) is 11.4. The molecule has 1 aliphatic rings. The molecule has 1 fully saturated rings. The third kappa shape index (κ3) is 6.11. The Hall–Kier alpha value is -3.01. The molecule has 0 saturated carbocycles. The first-order chi connectivity index (χ1) is 16.5. The molecule has 7 heteroatoms. The molecule has 1 atom stereocenters. The van der Waals surface area contributed by atoms with Crippen LogP contribution < -0.4 is 10.1 Å². The van der Waals surface area contributed by atoms with Crippen LogP contribution in [0.1, 0.15) is 67.8 Å². The van der Waals surface area contributed by atoms with E-state index >= 15 is 0 Å². The summed E-state index contributed by atoms with van der Waals surface area (Å²) in [6.07, 6.45) is 3.69. The fraction of sp³-hybridized carbons (Fsp3) is 0.407. The zero-order chi connectivity index (χ0) is 23.9. The lowest BCUT2D eigenvalue weighted by atomic mass is 9.97. The predicted molar refractivity (Wildman–Crippen MR) is 134 cm³/mol. The molecule has 0 spiro atoms. The lowest BCUT2D eigenvalue weighted by Gasteiger charge is -2.35. The van der Waals surface area contributed by atoms with E-state index in [1.807, 2.05) is 0 Å². The van der Waals surface area contributed by atoms with Crippen molar-refractivity contribution in [2.24, 2.45) is 0 Å². The minimum absolute atomic E-state index is 0.129. The molecular weight excluding hydrogens is 448 g/mol. The van der Waals surface area contributed by atoms with Crippen molar-refractivity contribution in [3.63, 3.8) is 0 Å². The molecule has 34 heavy (non-hydrogen) atoms. The topological polar surface area (TPSA) is 74.3 Å². The van der Waals surface area contributed by atoms with Gasteiger partial charge in [-0.2, -0.15) is 10.2 Å². The van der Waals surface area contributed by atoms with Crippen LogP contribution in [-0.4, -0.2) is 29.5 Å². The minimum Gasteiger partial charge on any atom is -0.484 e. The molecule has 0 amide bonds. The average Bonchev–Trinajstić information content (AvgIpc) is 3.27. The molecule has 1 aromatic heterocycles. The van der Waals surface area contributed by atoms with Crippen molar-refractivity contribution in [3.05, 3.63) is 76.3 Å². The lowest BCUT2D eigenvalue weighted by Crippen LogP contribution is -2.37. The number of hydrogen-bond donors (Lipinski definition) is 1. The van der Waals surface area contributed by atoms with Crippen LogP contribution in [0.25, 0.3) is 0 Å². The number of aromatic nitrogens is 1. The Morgan fingerprint density at radius 1 is 1.06 bits per heavy atom. The van der Waals surface area contributed by atoms with Gasteiger partial charge in [0.15, 0.2) is 6.61 Å². The molecule has 178 valence electrons. The quantitative estimate of drug-likeness (QED) is 0.376. The van der Waals surface area contributed by atoms with Gasteiger partial charge in [-0.05, 0) is 67.2 Å². The number of ether oxygens (including phenoxy) is 1. The average molecular weight is 479 g/mol. The van der Waals surface area contributed by atoms with E-state index in [1.165, 1.54) is 30.4 Å². The van der Waals surface area contributed by atoms with Crippen LogP contribution >= 0.6 is 11.6 Å². The van der Waals surface area contributed by atoms with Crippen LogP contribution in [-0.2, 0) is 6.61 Å². The first kappa shape index (κ1) is 24.1. The predicted octanol–water partition coefficient (Wildman–Crippen LogP) is 6.54. The number of nitriles is 1. The van der Waals surface area contributed by atoms with Gasteiger partial charge in [-0.1, -0.05) is 56.1 Å². The van der Waals surface area contributed by atoms with E-state index in [2.05, 4.69) is 59.4 Å². The number of halogens is 1. The number of hydrogen-bond acceptors (Lipinski definition) is 6. The van der Waals surface area contributed by atoms with Gasteiger partial charge in [-0.25, -0.2) is 0 Å². The molecule has 1 saturated heterocycles. The fourth-order valence-electron chi connectivity index (χ4n) is 4.28. The first-order valence-electron chi connectivity index (χ1n) is 11.9. The molecule has 0 bridgehead atoms. The largest absolute Gasteiger partial charge is 0.484 e. The number of oxazole rings is 1. The molecule has 6 nitrogen and oxygen atoms in total. The highest BCUT2D eigenvalue weighted by molar-refractivity contribution is 6.30. The van der Waals surface area contributed by atoms with Gasteiger partial charge in [-0.15, -0.1) is 0 Å². The highest BCUT2D eigenvalue weighted by Gasteiger charge is 2.24. The summed E-state index contributed by atoms with van der Waals surface area (Å²) in [4.78, 5) is 6.82. The van der Waals surface area contributed by atoms with Crippen LogP contribution in [0.2, 0.25) is 5.02 Å². The number of likely N-dealkylation sites (tertiary alicyclic amines) is 1. The van der Waals surface area contributed by atoms with E-state index in [4.69, 9.17) is 20.8 Å². The van der Waals surface area contributed by atoms with Gasteiger partial charge in [0.25, 0.3) is 0 Å². The van der Waals surface area contributed by atoms with Crippen LogP contribution in [0.4, 0.5) is 5.88 Å². The monoisotopic (exact) mass is 478 g/mol. The maximum atomic E-state index is 9.58. The molecule has 3 aromatic rings. The van der Waals surface area contributed by atoms with Gasteiger partial charge >= 0.3 is 0 Å². The molecule has 2 aromatic carbocycles. The summed E-state index contributed by atoms with van der Waals surface area (Å²) < 4.78 is 11.6. The summed E-state index contributed by atoms with van der Waals surface area (Å²) in [5.74, 6) is 1.90. The van der Waals surface area contributed by atoms with Gasteiger partial charge in [0.2, 0.25) is 17.5 Å². The van der Waals surface area contributed by atoms with Crippen LogP contribution in [0.15, 0.2) is 52.9 Å². The molecule has 1 N–H and O–H groups in total. The van der Waals surface area contributed by atoms with Gasteiger partial charge in [0.05, 0.1) is 6.04 Å². The summed E-state index contributed by atoms with van der Waals surface area (Å²) in [7, 11) is 0. The van der Waals surface area contributed by atoms with Crippen LogP contribution in [0.5, 0.6) is 5.75 Å². The Bertz CT molecular complexity index is 1100. The maximum Gasteiger partial charge on any atom is 0.236 e. The van der Waals surface area contributed by atoms with Crippen LogP contribution in [0, 0.1) is 11.3 Å². The Balaban J connectivity index is 1.46.